The summed E-state index contributed by atoms with van der Waals surface area (Å²) in [6.07, 6.45) is 0. The Morgan fingerprint density at radius 3 is 2.45 bits per heavy atom. The largest absolute Gasteiger partial charge is 0.378 e. The van der Waals surface area contributed by atoms with Gasteiger partial charge in [-0.1, -0.05) is 30.3 Å². The van der Waals surface area contributed by atoms with Crippen molar-refractivity contribution in [1.29, 1.82) is 0 Å². The van der Waals surface area contributed by atoms with Crippen LogP contribution in [-0.4, -0.2) is 72.3 Å². The Morgan fingerprint density at radius 1 is 0.903 bits per heavy atom. The molecule has 0 amide bonds. The highest BCUT2D eigenvalue weighted by Gasteiger charge is 2.22. The molecule has 2 aliphatic heterocycles. The lowest BCUT2D eigenvalue weighted by Gasteiger charge is -2.35. The van der Waals surface area contributed by atoms with Crippen molar-refractivity contribution in [2.24, 2.45) is 0 Å². The maximum atomic E-state index is 5.48. The molecule has 4 heterocycles. The number of thiazole rings is 1. The number of benzene rings is 1. The van der Waals surface area contributed by atoms with E-state index in [1.807, 2.05) is 6.07 Å². The smallest absolute Gasteiger partial charge is 0.227 e. The normalized spacial score (nSPS) is 17.8. The van der Waals surface area contributed by atoms with Crippen molar-refractivity contribution < 1.29 is 4.74 Å². The number of nitrogens with zero attached hydrogens (tertiary/aromatic N) is 6. The van der Waals surface area contributed by atoms with E-state index in [0.29, 0.717) is 0 Å². The summed E-state index contributed by atoms with van der Waals surface area (Å²) in [6, 6.07) is 12.5. The molecule has 31 heavy (non-hydrogen) atoms. The predicted molar refractivity (Wildman–Crippen MR) is 125 cm³/mol. The van der Waals surface area contributed by atoms with E-state index in [2.05, 4.69) is 57.3 Å². The van der Waals surface area contributed by atoms with Crippen molar-refractivity contribution >= 4 is 23.1 Å². The Balaban J connectivity index is 1.20. The van der Waals surface area contributed by atoms with E-state index in [1.165, 1.54) is 5.56 Å². The van der Waals surface area contributed by atoms with Gasteiger partial charge in [-0.2, -0.15) is 4.98 Å². The van der Waals surface area contributed by atoms with Gasteiger partial charge in [-0.05, 0) is 6.92 Å². The van der Waals surface area contributed by atoms with Gasteiger partial charge in [0, 0.05) is 68.5 Å². The summed E-state index contributed by atoms with van der Waals surface area (Å²) in [4.78, 5) is 21.5. The fraction of sp³-hybridized carbons (Fsp3) is 0.435. The van der Waals surface area contributed by atoms with Gasteiger partial charge in [-0.15, -0.1) is 11.3 Å². The van der Waals surface area contributed by atoms with Crippen LogP contribution in [0.2, 0.25) is 0 Å². The molecular formula is C23H28N6OS. The molecule has 0 N–H and O–H groups in total. The molecule has 5 rings (SSSR count). The van der Waals surface area contributed by atoms with Crippen molar-refractivity contribution in [2.75, 3.05) is 62.3 Å². The first-order valence-corrected chi connectivity index (χ1v) is 11.8. The van der Waals surface area contributed by atoms with Gasteiger partial charge in [0.15, 0.2) is 0 Å². The van der Waals surface area contributed by atoms with Crippen molar-refractivity contribution in [3.63, 3.8) is 0 Å². The average Bonchev–Trinajstić information content (AvgIpc) is 3.29. The van der Waals surface area contributed by atoms with Crippen LogP contribution in [-0.2, 0) is 11.3 Å². The number of piperazine rings is 1. The van der Waals surface area contributed by atoms with Gasteiger partial charge in [0.2, 0.25) is 5.95 Å². The van der Waals surface area contributed by atoms with E-state index in [9.17, 15) is 0 Å². The molecule has 8 heteroatoms. The molecule has 0 aliphatic carbocycles. The first-order valence-electron chi connectivity index (χ1n) is 10.9. The molecule has 0 saturated carbocycles. The van der Waals surface area contributed by atoms with E-state index in [-0.39, 0.29) is 0 Å². The monoisotopic (exact) mass is 436 g/mol. The molecule has 3 aromatic rings. The minimum atomic E-state index is 0.764. The van der Waals surface area contributed by atoms with Crippen molar-refractivity contribution in [2.45, 2.75) is 13.5 Å². The lowest BCUT2D eigenvalue weighted by Crippen LogP contribution is -2.46. The minimum Gasteiger partial charge on any atom is -0.378 e. The summed E-state index contributed by atoms with van der Waals surface area (Å²) in [5.74, 6) is 1.87. The van der Waals surface area contributed by atoms with Crippen LogP contribution in [0.1, 0.15) is 11.4 Å². The highest BCUT2D eigenvalue weighted by molar-refractivity contribution is 7.13. The Kier molecular flexibility index (Phi) is 6.11. The molecule has 0 atom stereocenters. The second-order valence-electron chi connectivity index (χ2n) is 8.04. The molecule has 162 valence electrons. The molecular weight excluding hydrogens is 408 g/mol. The van der Waals surface area contributed by atoms with Crippen molar-refractivity contribution in [3.05, 3.63) is 53.2 Å². The summed E-state index contributed by atoms with van der Waals surface area (Å²) in [5, 5.41) is 3.28. The number of aryl methyl sites for hydroxylation is 1. The van der Waals surface area contributed by atoms with Crippen LogP contribution in [0, 0.1) is 6.92 Å². The third kappa shape index (κ3) is 4.87. The Bertz CT molecular complexity index is 996. The third-order valence-corrected chi connectivity index (χ3v) is 6.72. The van der Waals surface area contributed by atoms with E-state index in [0.717, 1.165) is 87.2 Å². The molecule has 7 nitrogen and oxygen atoms in total. The summed E-state index contributed by atoms with van der Waals surface area (Å²) >= 11 is 1.72. The molecule has 0 spiro atoms. The Morgan fingerprint density at radius 2 is 1.68 bits per heavy atom. The number of anilines is 2. The van der Waals surface area contributed by atoms with E-state index < -0.39 is 0 Å². The van der Waals surface area contributed by atoms with Gasteiger partial charge < -0.3 is 14.5 Å². The van der Waals surface area contributed by atoms with Gasteiger partial charge in [-0.25, -0.2) is 9.97 Å². The summed E-state index contributed by atoms with van der Waals surface area (Å²) < 4.78 is 5.48. The zero-order valence-electron chi connectivity index (χ0n) is 17.9. The summed E-state index contributed by atoms with van der Waals surface area (Å²) in [7, 11) is 0. The highest BCUT2D eigenvalue weighted by atomic mass is 32.1. The van der Waals surface area contributed by atoms with Gasteiger partial charge in [-0.3, -0.25) is 4.90 Å². The third-order valence-electron chi connectivity index (χ3n) is 5.78. The molecule has 2 saturated heterocycles. The van der Waals surface area contributed by atoms with Gasteiger partial charge in [0.05, 0.1) is 18.9 Å². The number of ether oxygens (including phenoxy) is 1. The zero-order valence-corrected chi connectivity index (χ0v) is 18.7. The lowest BCUT2D eigenvalue weighted by atomic mass is 10.2. The van der Waals surface area contributed by atoms with Crippen LogP contribution in [0.15, 0.2) is 41.8 Å². The summed E-state index contributed by atoms with van der Waals surface area (Å²) in [5.41, 5.74) is 3.36. The maximum Gasteiger partial charge on any atom is 0.227 e. The van der Waals surface area contributed by atoms with Crippen LogP contribution >= 0.6 is 11.3 Å². The maximum absolute atomic E-state index is 5.48. The quantitative estimate of drug-likeness (QED) is 0.609. The fourth-order valence-corrected chi connectivity index (χ4v) is 4.88. The fourth-order valence-electron chi connectivity index (χ4n) is 4.06. The number of aromatic nitrogens is 3. The molecule has 0 radical (unpaired) electrons. The van der Waals surface area contributed by atoms with E-state index in [1.54, 1.807) is 11.3 Å². The predicted octanol–water partition coefficient (Wildman–Crippen LogP) is 3.07. The molecule has 2 fully saturated rings. The van der Waals surface area contributed by atoms with Crippen molar-refractivity contribution in [3.8, 4) is 10.6 Å². The van der Waals surface area contributed by atoms with E-state index in [4.69, 9.17) is 19.7 Å². The van der Waals surface area contributed by atoms with Crippen LogP contribution in [0.25, 0.3) is 10.6 Å². The topological polar surface area (TPSA) is 57.6 Å². The Labute approximate surface area is 187 Å². The standard InChI is InChI=1S/C23H28N6OS/c1-18-15-21(28-11-13-30-14-12-28)26-23(24-18)29-9-7-27(8-10-29)16-20-17-31-22(25-20)19-5-3-2-4-6-19/h2-6,15,17H,7-14,16H2,1H3. The van der Waals surface area contributed by atoms with Gasteiger partial charge in [0.1, 0.15) is 10.8 Å². The Hall–Kier alpha value is -2.55. The first-order chi connectivity index (χ1) is 15.2. The number of hydrogen-bond acceptors (Lipinski definition) is 8. The lowest BCUT2D eigenvalue weighted by molar-refractivity contribution is 0.122. The summed E-state index contributed by atoms with van der Waals surface area (Å²) in [6.45, 7) is 10.1. The van der Waals surface area contributed by atoms with Gasteiger partial charge >= 0.3 is 0 Å². The molecule has 0 bridgehead atoms. The highest BCUT2D eigenvalue weighted by Crippen LogP contribution is 2.25. The van der Waals surface area contributed by atoms with Crippen molar-refractivity contribution in [1.82, 2.24) is 19.9 Å². The molecule has 0 unspecified atom stereocenters. The second kappa shape index (κ2) is 9.30. The number of morpholine rings is 1. The van der Waals surface area contributed by atoms with Crippen LogP contribution in [0.3, 0.4) is 0 Å². The molecule has 1 aromatic carbocycles. The van der Waals surface area contributed by atoms with E-state index >= 15 is 0 Å². The minimum absolute atomic E-state index is 0.764. The molecule has 2 aliphatic rings. The zero-order chi connectivity index (χ0) is 21.0. The van der Waals surface area contributed by atoms with Crippen LogP contribution in [0.5, 0.6) is 0 Å². The average molecular weight is 437 g/mol. The van der Waals surface area contributed by atoms with Crippen LogP contribution < -0.4 is 9.80 Å². The SMILES string of the molecule is Cc1cc(N2CCOCC2)nc(N2CCN(Cc3csc(-c4ccccc4)n3)CC2)n1. The first kappa shape index (κ1) is 20.4. The number of hydrogen-bond donors (Lipinski definition) is 0. The van der Waals surface area contributed by atoms with Crippen LogP contribution in [0.4, 0.5) is 11.8 Å². The second-order valence-corrected chi connectivity index (χ2v) is 8.90. The van der Waals surface area contributed by atoms with Gasteiger partial charge in [0.25, 0.3) is 0 Å². The molecule has 2 aromatic heterocycles. The number of rotatable bonds is 5.